The van der Waals surface area contributed by atoms with Crippen molar-refractivity contribution in [2.45, 2.75) is 31.0 Å². The van der Waals surface area contributed by atoms with E-state index in [4.69, 9.17) is 9.47 Å². The molecule has 2 heterocycles. The highest BCUT2D eigenvalue weighted by Gasteiger charge is 2.32. The zero-order valence-electron chi connectivity index (χ0n) is 18.2. The molecule has 0 unspecified atom stereocenters. The van der Waals surface area contributed by atoms with Gasteiger partial charge in [-0.1, -0.05) is 36.4 Å². The topological polar surface area (TPSA) is 85.8 Å². The van der Waals surface area contributed by atoms with Crippen LogP contribution in [0.3, 0.4) is 0 Å². The summed E-state index contributed by atoms with van der Waals surface area (Å²) in [5.41, 5.74) is 1.70. The molecule has 0 bridgehead atoms. The molecule has 0 N–H and O–H groups in total. The Kier molecular flexibility index (Phi) is 7.36. The minimum atomic E-state index is -3.53. The van der Waals surface area contributed by atoms with Gasteiger partial charge in [0.25, 0.3) is 0 Å². The van der Waals surface area contributed by atoms with Crippen LogP contribution in [0.25, 0.3) is 0 Å². The Morgan fingerprint density at radius 3 is 2.27 bits per heavy atom. The summed E-state index contributed by atoms with van der Waals surface area (Å²) in [5.74, 6) is 0.123. The van der Waals surface area contributed by atoms with Gasteiger partial charge in [0.15, 0.2) is 0 Å². The molecule has 1 aromatic heterocycles. The fraction of sp³-hybridized carbons (Fsp3) is 0.280. The average molecular weight is 467 g/mol. The number of benzene rings is 2. The van der Waals surface area contributed by atoms with Crippen LogP contribution in [-0.2, 0) is 32.8 Å². The van der Waals surface area contributed by atoms with Crippen LogP contribution < -0.4 is 4.74 Å². The van der Waals surface area contributed by atoms with E-state index in [0.717, 1.165) is 11.3 Å². The Bertz CT molecular complexity index is 1140. The first-order valence-electron chi connectivity index (χ1n) is 10.9. The molecule has 2 aromatic carbocycles. The number of sulfonamides is 1. The fourth-order valence-electron chi connectivity index (χ4n) is 3.67. The average Bonchev–Trinajstić information content (AvgIpc) is 2.88. The standard InChI is InChI=1S/C25H26N2O5S/c28-25(21-13-16-27(17-14-21)33(29,30)24-7-2-1-3-8-24)32-18-20-9-11-23(12-10-20)31-19-22-6-4-5-15-26-22/h1-12,15,21H,13-14,16-19H2. The molecule has 33 heavy (non-hydrogen) atoms. The lowest BCUT2D eigenvalue weighted by Crippen LogP contribution is -2.40. The third-order valence-corrected chi connectivity index (χ3v) is 7.50. The molecular formula is C25H26N2O5S. The Balaban J connectivity index is 1.23. The molecule has 4 rings (SSSR count). The van der Waals surface area contributed by atoms with E-state index in [-0.39, 0.29) is 23.4 Å². The summed E-state index contributed by atoms with van der Waals surface area (Å²) in [7, 11) is -3.53. The van der Waals surface area contributed by atoms with Gasteiger partial charge in [-0.05, 0) is 54.8 Å². The van der Waals surface area contributed by atoms with Crippen molar-refractivity contribution >= 4 is 16.0 Å². The first kappa shape index (κ1) is 22.9. The highest BCUT2D eigenvalue weighted by molar-refractivity contribution is 7.89. The molecule has 7 nitrogen and oxygen atoms in total. The number of esters is 1. The highest BCUT2D eigenvalue weighted by Crippen LogP contribution is 2.25. The number of piperidine rings is 1. The number of aromatic nitrogens is 1. The molecule has 1 aliphatic rings. The van der Waals surface area contributed by atoms with Crippen LogP contribution in [0.2, 0.25) is 0 Å². The van der Waals surface area contributed by atoms with Gasteiger partial charge in [0, 0.05) is 19.3 Å². The van der Waals surface area contributed by atoms with Gasteiger partial charge in [-0.25, -0.2) is 8.42 Å². The number of hydrogen-bond donors (Lipinski definition) is 0. The summed E-state index contributed by atoms with van der Waals surface area (Å²) in [6, 6.07) is 21.4. The maximum absolute atomic E-state index is 12.7. The molecule has 0 saturated carbocycles. The van der Waals surface area contributed by atoms with Gasteiger partial charge in [0.1, 0.15) is 19.0 Å². The van der Waals surface area contributed by atoms with Crippen LogP contribution in [0.4, 0.5) is 0 Å². The largest absolute Gasteiger partial charge is 0.487 e. The minimum absolute atomic E-state index is 0.169. The van der Waals surface area contributed by atoms with E-state index in [9.17, 15) is 13.2 Å². The number of rotatable bonds is 8. The van der Waals surface area contributed by atoms with Crippen molar-refractivity contribution in [3.05, 3.63) is 90.3 Å². The third kappa shape index (κ3) is 5.97. The number of carbonyl (C=O) groups excluding carboxylic acids is 1. The van der Waals surface area contributed by atoms with Gasteiger partial charge in [-0.15, -0.1) is 0 Å². The van der Waals surface area contributed by atoms with E-state index in [2.05, 4.69) is 4.98 Å². The molecule has 3 aromatic rings. The summed E-state index contributed by atoms with van der Waals surface area (Å²) in [5, 5.41) is 0. The number of carbonyl (C=O) groups is 1. The lowest BCUT2D eigenvalue weighted by atomic mass is 9.98. The van der Waals surface area contributed by atoms with Crippen molar-refractivity contribution in [1.82, 2.24) is 9.29 Å². The van der Waals surface area contributed by atoms with Crippen LogP contribution in [0.1, 0.15) is 24.1 Å². The van der Waals surface area contributed by atoms with Crippen molar-refractivity contribution in [1.29, 1.82) is 0 Å². The predicted molar refractivity (Wildman–Crippen MR) is 123 cm³/mol. The maximum atomic E-state index is 12.7. The predicted octanol–water partition coefficient (Wildman–Crippen LogP) is 3.80. The van der Waals surface area contributed by atoms with Gasteiger partial charge in [0.05, 0.1) is 16.5 Å². The molecule has 0 aliphatic carbocycles. The van der Waals surface area contributed by atoms with Gasteiger partial charge >= 0.3 is 5.97 Å². The van der Waals surface area contributed by atoms with E-state index in [1.165, 1.54) is 4.31 Å². The number of pyridine rings is 1. The smallest absolute Gasteiger partial charge is 0.309 e. The molecule has 0 radical (unpaired) electrons. The van der Waals surface area contributed by atoms with E-state index in [1.807, 2.05) is 42.5 Å². The first-order valence-corrected chi connectivity index (χ1v) is 12.3. The highest BCUT2D eigenvalue weighted by atomic mass is 32.2. The number of ether oxygens (including phenoxy) is 2. The van der Waals surface area contributed by atoms with Crippen molar-refractivity contribution in [2.24, 2.45) is 5.92 Å². The van der Waals surface area contributed by atoms with Crippen molar-refractivity contribution in [3.63, 3.8) is 0 Å². The van der Waals surface area contributed by atoms with Gasteiger partial charge in [-0.3, -0.25) is 9.78 Å². The molecule has 1 saturated heterocycles. The van der Waals surface area contributed by atoms with Crippen LogP contribution in [-0.4, -0.2) is 36.8 Å². The van der Waals surface area contributed by atoms with Gasteiger partial charge < -0.3 is 9.47 Å². The molecule has 8 heteroatoms. The summed E-state index contributed by atoms with van der Waals surface area (Å²) in [6.07, 6.45) is 2.62. The fourth-order valence-corrected chi connectivity index (χ4v) is 5.16. The number of nitrogens with zero attached hydrogens (tertiary/aromatic N) is 2. The summed E-state index contributed by atoms with van der Waals surface area (Å²) >= 11 is 0. The Labute approximate surface area is 194 Å². The summed E-state index contributed by atoms with van der Waals surface area (Å²) in [4.78, 5) is 17.0. The second-order valence-electron chi connectivity index (χ2n) is 7.85. The molecule has 172 valence electrons. The van der Waals surface area contributed by atoms with E-state index >= 15 is 0 Å². The van der Waals surface area contributed by atoms with E-state index in [1.54, 1.807) is 36.5 Å². The van der Waals surface area contributed by atoms with Gasteiger partial charge in [-0.2, -0.15) is 4.31 Å². The van der Waals surface area contributed by atoms with Crippen molar-refractivity contribution < 1.29 is 22.7 Å². The first-order chi connectivity index (χ1) is 16.0. The quantitative estimate of drug-likeness (QED) is 0.470. The van der Waals surface area contributed by atoms with Crippen LogP contribution in [0.15, 0.2) is 83.9 Å². The molecule has 0 spiro atoms. The second-order valence-corrected chi connectivity index (χ2v) is 9.79. The normalized spacial score (nSPS) is 15.2. The van der Waals surface area contributed by atoms with E-state index in [0.29, 0.717) is 38.3 Å². The molecule has 1 fully saturated rings. The third-order valence-electron chi connectivity index (χ3n) is 5.59. The van der Waals surface area contributed by atoms with Crippen LogP contribution in [0, 0.1) is 5.92 Å². The SMILES string of the molecule is O=C(OCc1ccc(OCc2ccccn2)cc1)C1CCN(S(=O)(=O)c2ccccc2)CC1. The zero-order valence-corrected chi connectivity index (χ0v) is 19.0. The molecular weight excluding hydrogens is 440 g/mol. The lowest BCUT2D eigenvalue weighted by molar-refractivity contribution is -0.151. The zero-order chi connectivity index (χ0) is 23.1. The maximum Gasteiger partial charge on any atom is 0.309 e. The number of hydrogen-bond acceptors (Lipinski definition) is 6. The molecule has 1 aliphatic heterocycles. The summed E-state index contributed by atoms with van der Waals surface area (Å²) < 4.78 is 38.1. The van der Waals surface area contributed by atoms with Crippen molar-refractivity contribution in [2.75, 3.05) is 13.1 Å². The van der Waals surface area contributed by atoms with Crippen LogP contribution in [0.5, 0.6) is 5.75 Å². The Hall–Kier alpha value is -3.23. The minimum Gasteiger partial charge on any atom is -0.487 e. The monoisotopic (exact) mass is 466 g/mol. The second kappa shape index (κ2) is 10.6. The molecule has 0 atom stereocenters. The van der Waals surface area contributed by atoms with Crippen LogP contribution >= 0.6 is 0 Å². The van der Waals surface area contributed by atoms with E-state index < -0.39 is 10.0 Å². The lowest BCUT2D eigenvalue weighted by Gasteiger charge is -2.30. The Morgan fingerprint density at radius 1 is 0.909 bits per heavy atom. The van der Waals surface area contributed by atoms with Crippen molar-refractivity contribution in [3.8, 4) is 5.75 Å². The molecule has 0 amide bonds. The Morgan fingerprint density at radius 2 is 1.61 bits per heavy atom. The summed E-state index contributed by atoms with van der Waals surface area (Å²) in [6.45, 7) is 1.16. The van der Waals surface area contributed by atoms with Gasteiger partial charge in [0.2, 0.25) is 10.0 Å².